The van der Waals surface area contributed by atoms with Gasteiger partial charge >= 0.3 is 11.9 Å². The second kappa shape index (κ2) is 15.8. The molecule has 50 heavy (non-hydrogen) atoms. The van der Waals surface area contributed by atoms with Crippen molar-refractivity contribution < 1.29 is 38.0 Å². The van der Waals surface area contributed by atoms with Crippen LogP contribution in [0.4, 0.5) is 5.69 Å². The summed E-state index contributed by atoms with van der Waals surface area (Å²) >= 11 is 0. The van der Waals surface area contributed by atoms with E-state index >= 15 is 0 Å². The standard InChI is InChI=1S/C18H22N2O5.C18H18N2O5/c2*1-4-25-18(22)11-8-13-15(14(9-11)24-3)16-12(6-5-7-19-16)17(21)20(13)10-23-2/h8-9,19H,4-7,10H2,1-3H3;5-9H,4,10H2,1-3H3. The van der Waals surface area contributed by atoms with E-state index in [-0.39, 0.29) is 37.8 Å². The van der Waals surface area contributed by atoms with Crippen LogP contribution in [0.25, 0.3) is 32.7 Å². The Morgan fingerprint density at radius 1 is 0.800 bits per heavy atom. The fourth-order valence-electron chi connectivity index (χ4n) is 6.09. The van der Waals surface area contributed by atoms with Crippen molar-refractivity contribution in [1.29, 1.82) is 0 Å². The maximum absolute atomic E-state index is 12.9. The molecule has 0 saturated carbocycles. The van der Waals surface area contributed by atoms with Crippen LogP contribution < -0.4 is 25.9 Å². The molecule has 14 nitrogen and oxygen atoms in total. The number of carbonyl (C=O) groups is 2. The van der Waals surface area contributed by atoms with Crippen molar-refractivity contribution in [2.75, 3.05) is 53.5 Å². The van der Waals surface area contributed by atoms with Gasteiger partial charge in [0.1, 0.15) is 25.0 Å². The molecule has 1 aliphatic rings. The first-order valence-corrected chi connectivity index (χ1v) is 16.1. The van der Waals surface area contributed by atoms with E-state index in [4.69, 9.17) is 28.4 Å². The number of benzene rings is 2. The molecular formula is C36H40N4O10. The Morgan fingerprint density at radius 3 is 1.92 bits per heavy atom. The zero-order valence-corrected chi connectivity index (χ0v) is 28.9. The summed E-state index contributed by atoms with van der Waals surface area (Å²) in [6.45, 7) is 4.93. The van der Waals surface area contributed by atoms with E-state index in [9.17, 15) is 19.2 Å². The third-order valence-electron chi connectivity index (χ3n) is 8.20. The highest BCUT2D eigenvalue weighted by atomic mass is 16.5. The van der Waals surface area contributed by atoms with Crippen LogP contribution in [0.5, 0.6) is 11.5 Å². The average Bonchev–Trinajstić information content (AvgIpc) is 3.14. The fraction of sp³-hybridized carbons (Fsp3) is 0.361. The number of methoxy groups -OCH3 is 4. The van der Waals surface area contributed by atoms with Crippen LogP contribution in [0, 0.1) is 0 Å². The Labute approximate surface area is 287 Å². The van der Waals surface area contributed by atoms with Crippen molar-refractivity contribution >= 4 is 50.3 Å². The fourth-order valence-corrected chi connectivity index (χ4v) is 6.09. The largest absolute Gasteiger partial charge is 0.496 e. The zero-order chi connectivity index (χ0) is 35.9. The summed E-state index contributed by atoms with van der Waals surface area (Å²) in [4.78, 5) is 54.4. The maximum atomic E-state index is 12.9. The molecule has 0 aliphatic carbocycles. The number of fused-ring (bicyclic) bond motifs is 6. The van der Waals surface area contributed by atoms with Gasteiger partial charge in [-0.15, -0.1) is 0 Å². The lowest BCUT2D eigenvalue weighted by molar-refractivity contribution is 0.0516. The van der Waals surface area contributed by atoms with Crippen molar-refractivity contribution in [1.82, 2.24) is 14.1 Å². The number of carbonyl (C=O) groups excluding carboxylic acids is 2. The third kappa shape index (κ3) is 6.71. The first-order chi connectivity index (χ1) is 24.2. The van der Waals surface area contributed by atoms with Gasteiger partial charge in [0, 0.05) is 32.5 Å². The van der Waals surface area contributed by atoms with Crippen molar-refractivity contribution in [3.05, 3.63) is 80.0 Å². The van der Waals surface area contributed by atoms with E-state index in [1.165, 1.54) is 30.5 Å². The molecule has 0 unspecified atom stereocenters. The number of hydrogen-bond donors (Lipinski definition) is 1. The Balaban J connectivity index is 0.000000194. The summed E-state index contributed by atoms with van der Waals surface area (Å²) in [6.07, 6.45) is 3.20. The molecular weight excluding hydrogens is 648 g/mol. The molecule has 0 bridgehead atoms. The Hall–Kier alpha value is -5.47. The first-order valence-electron chi connectivity index (χ1n) is 16.1. The Kier molecular flexibility index (Phi) is 11.3. The number of aromatic nitrogens is 3. The molecule has 14 heteroatoms. The van der Waals surface area contributed by atoms with Gasteiger partial charge in [0.2, 0.25) is 0 Å². The molecule has 4 heterocycles. The first kappa shape index (κ1) is 35.8. The van der Waals surface area contributed by atoms with Crippen LogP contribution in [0.1, 0.15) is 46.5 Å². The monoisotopic (exact) mass is 688 g/mol. The van der Waals surface area contributed by atoms with Gasteiger partial charge in [-0.1, -0.05) is 0 Å². The van der Waals surface area contributed by atoms with Crippen LogP contribution in [0.2, 0.25) is 0 Å². The number of ether oxygens (including phenoxy) is 6. The zero-order valence-electron chi connectivity index (χ0n) is 28.9. The van der Waals surface area contributed by atoms with Crippen molar-refractivity contribution in [3.63, 3.8) is 0 Å². The van der Waals surface area contributed by atoms with E-state index in [0.717, 1.165) is 29.6 Å². The molecule has 0 fully saturated rings. The van der Waals surface area contributed by atoms with E-state index in [2.05, 4.69) is 10.3 Å². The molecule has 0 spiro atoms. The Morgan fingerprint density at radius 2 is 1.36 bits per heavy atom. The molecule has 264 valence electrons. The van der Waals surface area contributed by atoms with Crippen LogP contribution in [-0.2, 0) is 38.8 Å². The number of nitrogens with one attached hydrogen (secondary N) is 1. The predicted molar refractivity (Wildman–Crippen MR) is 188 cm³/mol. The molecule has 3 aromatic heterocycles. The van der Waals surface area contributed by atoms with Gasteiger partial charge in [-0.05, 0) is 63.1 Å². The van der Waals surface area contributed by atoms with Gasteiger partial charge in [-0.25, -0.2) is 9.59 Å². The van der Waals surface area contributed by atoms with Gasteiger partial charge in [0.25, 0.3) is 11.1 Å². The van der Waals surface area contributed by atoms with Gasteiger partial charge in [-0.3, -0.25) is 23.7 Å². The minimum atomic E-state index is -0.486. The second-order valence-corrected chi connectivity index (χ2v) is 11.2. The second-order valence-electron chi connectivity index (χ2n) is 11.2. The molecule has 0 amide bonds. The molecule has 1 aliphatic heterocycles. The smallest absolute Gasteiger partial charge is 0.338 e. The number of pyridine rings is 3. The van der Waals surface area contributed by atoms with Crippen molar-refractivity contribution in [2.24, 2.45) is 0 Å². The molecule has 6 rings (SSSR count). The summed E-state index contributed by atoms with van der Waals surface area (Å²) in [6, 6.07) is 9.91. The lowest BCUT2D eigenvalue weighted by atomic mass is 9.99. The van der Waals surface area contributed by atoms with E-state index in [1.807, 2.05) is 0 Å². The van der Waals surface area contributed by atoms with Crippen LogP contribution in [0.15, 0.2) is 52.2 Å². The highest BCUT2D eigenvalue weighted by molar-refractivity contribution is 6.09. The predicted octanol–water partition coefficient (Wildman–Crippen LogP) is 4.49. The lowest BCUT2D eigenvalue weighted by Gasteiger charge is -2.23. The van der Waals surface area contributed by atoms with Crippen LogP contribution in [0.3, 0.4) is 0 Å². The minimum absolute atomic E-state index is 0.0373. The molecule has 1 N–H and O–H groups in total. The third-order valence-corrected chi connectivity index (χ3v) is 8.20. The number of anilines is 1. The van der Waals surface area contributed by atoms with Gasteiger partial charge < -0.3 is 33.7 Å². The summed E-state index contributed by atoms with van der Waals surface area (Å²) in [7, 11) is 6.08. The summed E-state index contributed by atoms with van der Waals surface area (Å²) in [5.74, 6) is 0.0233. The van der Waals surface area contributed by atoms with Gasteiger partial charge in [0.15, 0.2) is 0 Å². The number of esters is 2. The van der Waals surface area contributed by atoms with Gasteiger partial charge in [0.05, 0.1) is 77.0 Å². The minimum Gasteiger partial charge on any atom is -0.496 e. The summed E-state index contributed by atoms with van der Waals surface area (Å²) in [5, 5.41) is 5.19. The number of nitrogens with zero attached hydrogens (tertiary/aromatic N) is 3. The maximum Gasteiger partial charge on any atom is 0.338 e. The normalized spacial score (nSPS) is 12.1. The summed E-state index contributed by atoms with van der Waals surface area (Å²) < 4.78 is 34.5. The van der Waals surface area contributed by atoms with Gasteiger partial charge in [-0.2, -0.15) is 0 Å². The SMILES string of the molecule is CCOC(=O)c1cc(OC)c2c3c(c(=O)n(COC)c2c1)CCCN3.CCOC(=O)c1cc(OC)c2c3ncccc3c(=O)n(COC)c2c1. The number of hydrogen-bond acceptors (Lipinski definition) is 12. The van der Waals surface area contributed by atoms with Crippen molar-refractivity contribution in [3.8, 4) is 11.5 Å². The van der Waals surface area contributed by atoms with E-state index < -0.39 is 11.9 Å². The topological polar surface area (TPSA) is 158 Å². The molecule has 2 aromatic carbocycles. The lowest BCUT2D eigenvalue weighted by Crippen LogP contribution is -2.29. The van der Waals surface area contributed by atoms with E-state index in [1.54, 1.807) is 63.6 Å². The summed E-state index contributed by atoms with van der Waals surface area (Å²) in [5.41, 5.74) is 3.38. The van der Waals surface area contributed by atoms with Crippen LogP contribution in [-0.4, -0.2) is 74.3 Å². The highest BCUT2D eigenvalue weighted by Crippen LogP contribution is 2.37. The molecule has 5 aromatic rings. The molecule has 0 atom stereocenters. The average molecular weight is 689 g/mol. The number of rotatable bonds is 10. The van der Waals surface area contributed by atoms with Crippen LogP contribution >= 0.6 is 0 Å². The molecule has 0 radical (unpaired) electrons. The molecule has 0 saturated heterocycles. The highest BCUT2D eigenvalue weighted by Gasteiger charge is 2.24. The Bertz CT molecular complexity index is 2190. The van der Waals surface area contributed by atoms with Crippen molar-refractivity contribution in [2.45, 2.75) is 40.2 Å². The quantitative estimate of drug-likeness (QED) is 0.162. The van der Waals surface area contributed by atoms with E-state index in [0.29, 0.717) is 56.4 Å².